The summed E-state index contributed by atoms with van der Waals surface area (Å²) in [4.78, 5) is 0. The second kappa shape index (κ2) is 4.86. The summed E-state index contributed by atoms with van der Waals surface area (Å²) in [7, 11) is 0. The Morgan fingerprint density at radius 1 is 1.44 bits per heavy atom. The van der Waals surface area contributed by atoms with Gasteiger partial charge in [0.05, 0.1) is 12.7 Å². The van der Waals surface area contributed by atoms with Gasteiger partial charge in [0.2, 0.25) is 0 Å². The molecule has 1 fully saturated rings. The molecule has 16 heavy (non-hydrogen) atoms. The Labute approximate surface area is 105 Å². The van der Waals surface area contributed by atoms with Crippen LogP contribution in [0.1, 0.15) is 31.7 Å². The maximum absolute atomic E-state index is 5.99. The highest BCUT2D eigenvalue weighted by Gasteiger charge is 2.40. The molecule has 3 nitrogen and oxygen atoms in total. The molecule has 0 bridgehead atoms. The lowest BCUT2D eigenvalue weighted by molar-refractivity contribution is 0.0697. The van der Waals surface area contributed by atoms with Crippen LogP contribution in [0.2, 0.25) is 10.3 Å². The Kier molecular flexibility index (Phi) is 3.67. The molecule has 0 radical (unpaired) electrons. The predicted octanol–water partition coefficient (Wildman–Crippen LogP) is 3.31. The smallest absolute Gasteiger partial charge is 0.155 e. The molecular formula is C11H14Cl2N2O. The van der Waals surface area contributed by atoms with Gasteiger partial charge in [0, 0.05) is 0 Å². The average Bonchev–Trinajstić information content (AvgIpc) is 2.98. The van der Waals surface area contributed by atoms with Crippen LogP contribution in [0, 0.1) is 5.92 Å². The molecule has 0 amide bonds. The highest BCUT2D eigenvalue weighted by molar-refractivity contribution is 6.31. The Bertz CT molecular complexity index is 384. The van der Waals surface area contributed by atoms with Crippen molar-refractivity contribution in [2.24, 2.45) is 5.92 Å². The van der Waals surface area contributed by atoms with Crippen molar-refractivity contribution in [2.75, 3.05) is 6.61 Å². The molecule has 0 spiro atoms. The normalized spacial score (nSPS) is 23.8. The van der Waals surface area contributed by atoms with E-state index in [0.717, 1.165) is 18.6 Å². The lowest BCUT2D eigenvalue weighted by Crippen LogP contribution is -2.06. The van der Waals surface area contributed by atoms with E-state index in [0.29, 0.717) is 22.1 Å². The van der Waals surface area contributed by atoms with Gasteiger partial charge in [0.1, 0.15) is 0 Å². The van der Waals surface area contributed by atoms with Gasteiger partial charge in [0.25, 0.3) is 0 Å². The molecule has 1 aromatic rings. The van der Waals surface area contributed by atoms with Crippen LogP contribution in [-0.4, -0.2) is 22.9 Å². The summed E-state index contributed by atoms with van der Waals surface area (Å²) in [5.74, 6) is 0.972. The molecule has 1 saturated carbocycles. The van der Waals surface area contributed by atoms with Gasteiger partial charge in [-0.2, -0.15) is 0 Å². The highest BCUT2D eigenvalue weighted by Crippen LogP contribution is 2.49. The summed E-state index contributed by atoms with van der Waals surface area (Å²) >= 11 is 11.8. The van der Waals surface area contributed by atoms with Crippen LogP contribution in [0.3, 0.4) is 0 Å². The predicted molar refractivity (Wildman–Crippen MR) is 64.0 cm³/mol. The third kappa shape index (κ3) is 2.84. The molecule has 0 aromatic carbocycles. The lowest BCUT2D eigenvalue weighted by atomic mass is 10.2. The number of rotatable bonds is 4. The molecule has 0 aliphatic heterocycles. The first-order chi connectivity index (χ1) is 7.58. The molecule has 1 aliphatic carbocycles. The van der Waals surface area contributed by atoms with Crippen LogP contribution in [-0.2, 0) is 4.74 Å². The van der Waals surface area contributed by atoms with Gasteiger partial charge >= 0.3 is 0 Å². The van der Waals surface area contributed by atoms with Crippen LogP contribution in [0.5, 0.6) is 0 Å². The Hall–Kier alpha value is -0.380. The van der Waals surface area contributed by atoms with Gasteiger partial charge in [-0.15, -0.1) is 10.2 Å². The van der Waals surface area contributed by atoms with E-state index in [1.165, 1.54) is 0 Å². The van der Waals surface area contributed by atoms with E-state index in [-0.39, 0.29) is 6.10 Å². The zero-order chi connectivity index (χ0) is 11.7. The minimum atomic E-state index is 0.274. The van der Waals surface area contributed by atoms with E-state index >= 15 is 0 Å². The number of halogens is 2. The van der Waals surface area contributed by atoms with E-state index in [4.69, 9.17) is 27.9 Å². The molecular weight excluding hydrogens is 247 g/mol. The Morgan fingerprint density at radius 3 is 2.88 bits per heavy atom. The first-order valence-electron chi connectivity index (χ1n) is 5.38. The molecule has 2 atom stereocenters. The lowest BCUT2D eigenvalue weighted by Gasteiger charge is -2.07. The molecule has 1 aliphatic rings. The summed E-state index contributed by atoms with van der Waals surface area (Å²) in [6.07, 6.45) is 1.37. The molecule has 2 rings (SSSR count). The minimum Gasteiger partial charge on any atom is -0.378 e. The molecule has 1 aromatic heterocycles. The maximum atomic E-state index is 5.99. The zero-order valence-electron chi connectivity index (χ0n) is 9.28. The van der Waals surface area contributed by atoms with E-state index in [1.54, 1.807) is 6.07 Å². The van der Waals surface area contributed by atoms with Gasteiger partial charge in [-0.3, -0.25) is 0 Å². The van der Waals surface area contributed by atoms with Crippen molar-refractivity contribution >= 4 is 23.2 Å². The minimum absolute atomic E-state index is 0.274. The zero-order valence-corrected chi connectivity index (χ0v) is 10.8. The van der Waals surface area contributed by atoms with E-state index in [9.17, 15) is 0 Å². The van der Waals surface area contributed by atoms with Crippen molar-refractivity contribution in [1.29, 1.82) is 0 Å². The molecule has 0 N–H and O–H groups in total. The van der Waals surface area contributed by atoms with Crippen LogP contribution in [0.25, 0.3) is 0 Å². The number of hydrogen-bond donors (Lipinski definition) is 0. The second-order valence-corrected chi connectivity index (χ2v) is 5.14. The number of ether oxygens (including phenoxy) is 1. The fraction of sp³-hybridized carbons (Fsp3) is 0.636. The summed E-state index contributed by atoms with van der Waals surface area (Å²) < 4.78 is 5.58. The first-order valence-corrected chi connectivity index (χ1v) is 6.13. The largest absolute Gasteiger partial charge is 0.378 e. The van der Waals surface area contributed by atoms with Crippen molar-refractivity contribution in [1.82, 2.24) is 10.2 Å². The van der Waals surface area contributed by atoms with Crippen molar-refractivity contribution in [2.45, 2.75) is 32.3 Å². The summed E-state index contributed by atoms with van der Waals surface area (Å²) in [6.45, 7) is 4.85. The highest BCUT2D eigenvalue weighted by atomic mass is 35.5. The fourth-order valence-corrected chi connectivity index (χ4v) is 2.14. The van der Waals surface area contributed by atoms with Crippen LogP contribution in [0.4, 0.5) is 0 Å². The third-order valence-corrected chi connectivity index (χ3v) is 3.19. The third-order valence-electron chi connectivity index (χ3n) is 2.71. The van der Waals surface area contributed by atoms with Gasteiger partial charge in [-0.25, -0.2) is 0 Å². The number of nitrogens with zero attached hydrogens (tertiary/aromatic N) is 2. The summed E-state index contributed by atoms with van der Waals surface area (Å²) in [5.41, 5.74) is 0.999. The van der Waals surface area contributed by atoms with Gasteiger partial charge in [0.15, 0.2) is 10.3 Å². The van der Waals surface area contributed by atoms with Crippen molar-refractivity contribution in [3.8, 4) is 0 Å². The monoisotopic (exact) mass is 260 g/mol. The molecule has 0 unspecified atom stereocenters. The van der Waals surface area contributed by atoms with Crippen molar-refractivity contribution < 1.29 is 4.74 Å². The van der Waals surface area contributed by atoms with Crippen molar-refractivity contribution in [3.63, 3.8) is 0 Å². The van der Waals surface area contributed by atoms with E-state index in [2.05, 4.69) is 10.2 Å². The Morgan fingerprint density at radius 2 is 2.19 bits per heavy atom. The SMILES string of the molecule is CC(C)OC[C@H]1C[C@@H]1c1cc(Cl)nnc1Cl. The van der Waals surface area contributed by atoms with Crippen molar-refractivity contribution in [3.05, 3.63) is 21.9 Å². The molecule has 1 heterocycles. The maximum Gasteiger partial charge on any atom is 0.155 e. The fourth-order valence-electron chi connectivity index (χ4n) is 1.75. The number of hydrogen-bond acceptors (Lipinski definition) is 3. The quantitative estimate of drug-likeness (QED) is 0.834. The van der Waals surface area contributed by atoms with E-state index in [1.807, 2.05) is 13.8 Å². The standard InChI is InChI=1S/C11H14Cl2N2O/c1-6(2)16-5-7-3-8(7)9-4-10(12)14-15-11(9)13/h4,6-8H,3,5H2,1-2H3/t7-,8+/m1/s1. The van der Waals surface area contributed by atoms with Gasteiger partial charge < -0.3 is 4.74 Å². The molecule has 88 valence electrons. The topological polar surface area (TPSA) is 35.0 Å². The van der Waals surface area contributed by atoms with Crippen LogP contribution >= 0.6 is 23.2 Å². The average molecular weight is 261 g/mol. The van der Waals surface area contributed by atoms with Crippen LogP contribution in [0.15, 0.2) is 6.07 Å². The summed E-state index contributed by atoms with van der Waals surface area (Å²) in [5, 5.41) is 8.37. The van der Waals surface area contributed by atoms with Gasteiger partial charge in [-0.1, -0.05) is 23.2 Å². The summed E-state index contributed by atoms with van der Waals surface area (Å²) in [6, 6.07) is 1.80. The van der Waals surface area contributed by atoms with Gasteiger partial charge in [-0.05, 0) is 43.7 Å². The van der Waals surface area contributed by atoms with Crippen LogP contribution < -0.4 is 0 Å². The second-order valence-electron chi connectivity index (χ2n) is 4.40. The van der Waals surface area contributed by atoms with E-state index < -0.39 is 0 Å². The molecule has 0 saturated heterocycles. The molecule has 5 heteroatoms. The Balaban J connectivity index is 1.97. The first kappa shape index (κ1) is 12.1. The number of aromatic nitrogens is 2.